The number of anilines is 1. The van der Waals surface area contributed by atoms with Gasteiger partial charge in [0.05, 0.1) is 0 Å². The minimum absolute atomic E-state index is 0.0788. The highest BCUT2D eigenvalue weighted by molar-refractivity contribution is 5.94. The maximum absolute atomic E-state index is 12.2. The zero-order valence-corrected chi connectivity index (χ0v) is 12.1. The first-order valence-electron chi connectivity index (χ1n) is 6.59. The second-order valence-corrected chi connectivity index (χ2v) is 4.97. The number of benzene rings is 1. The Kier molecular flexibility index (Phi) is 5.20. The van der Waals surface area contributed by atoms with Gasteiger partial charge in [0.25, 0.3) is 5.91 Å². The van der Waals surface area contributed by atoms with Crippen LogP contribution in [0.3, 0.4) is 0 Å². The number of hydrogen-bond acceptors (Lipinski definition) is 2. The lowest BCUT2D eigenvalue weighted by molar-refractivity contribution is 0.0755. The standard InChI is InChI=1S/C15H24N2O/c1-6-9-16-14-8-7-13(10-12(14)4)15(18)17(5)11(2)3/h7-8,10-11,16H,6,9H2,1-5H3. The number of nitrogens with one attached hydrogen (secondary N) is 1. The number of hydrogen-bond donors (Lipinski definition) is 1. The van der Waals surface area contributed by atoms with Crippen molar-refractivity contribution in [3.05, 3.63) is 29.3 Å². The summed E-state index contributed by atoms with van der Waals surface area (Å²) in [4.78, 5) is 13.9. The van der Waals surface area contributed by atoms with Crippen molar-refractivity contribution in [1.82, 2.24) is 4.90 Å². The predicted molar refractivity (Wildman–Crippen MR) is 77.2 cm³/mol. The quantitative estimate of drug-likeness (QED) is 0.867. The summed E-state index contributed by atoms with van der Waals surface area (Å²) in [6.45, 7) is 9.16. The fourth-order valence-electron chi connectivity index (χ4n) is 1.69. The molecule has 18 heavy (non-hydrogen) atoms. The first-order chi connectivity index (χ1) is 8.47. The van der Waals surface area contributed by atoms with Gasteiger partial charge in [0.2, 0.25) is 0 Å². The van der Waals surface area contributed by atoms with Gasteiger partial charge in [-0.3, -0.25) is 4.79 Å². The summed E-state index contributed by atoms with van der Waals surface area (Å²) in [5, 5.41) is 3.36. The highest BCUT2D eigenvalue weighted by Crippen LogP contribution is 2.18. The molecule has 0 aromatic heterocycles. The predicted octanol–water partition coefficient (Wildman–Crippen LogP) is 3.30. The van der Waals surface area contributed by atoms with Gasteiger partial charge in [-0.1, -0.05) is 6.92 Å². The Bertz CT molecular complexity index is 413. The molecule has 1 N–H and O–H groups in total. The van der Waals surface area contributed by atoms with Crippen LogP contribution >= 0.6 is 0 Å². The monoisotopic (exact) mass is 248 g/mol. The molecule has 0 aliphatic rings. The van der Waals surface area contributed by atoms with E-state index >= 15 is 0 Å². The molecule has 0 bridgehead atoms. The van der Waals surface area contributed by atoms with Crippen molar-refractivity contribution in [3.63, 3.8) is 0 Å². The van der Waals surface area contributed by atoms with Crippen molar-refractivity contribution in [2.45, 2.75) is 40.2 Å². The minimum atomic E-state index is 0.0788. The van der Waals surface area contributed by atoms with E-state index in [-0.39, 0.29) is 11.9 Å². The Morgan fingerprint density at radius 1 is 1.39 bits per heavy atom. The van der Waals surface area contributed by atoms with Crippen molar-refractivity contribution >= 4 is 11.6 Å². The van der Waals surface area contributed by atoms with Crippen LogP contribution in [0, 0.1) is 6.92 Å². The molecule has 1 amide bonds. The SMILES string of the molecule is CCCNc1ccc(C(=O)N(C)C(C)C)cc1C. The molecule has 0 heterocycles. The molecular weight excluding hydrogens is 224 g/mol. The smallest absolute Gasteiger partial charge is 0.253 e. The van der Waals surface area contributed by atoms with E-state index in [9.17, 15) is 4.79 Å². The molecule has 1 rings (SSSR count). The first-order valence-corrected chi connectivity index (χ1v) is 6.59. The molecule has 3 heteroatoms. The van der Waals surface area contributed by atoms with Crippen LogP contribution in [0.4, 0.5) is 5.69 Å². The first kappa shape index (κ1) is 14.6. The maximum Gasteiger partial charge on any atom is 0.253 e. The van der Waals surface area contributed by atoms with Crippen LogP contribution < -0.4 is 5.32 Å². The van der Waals surface area contributed by atoms with Crippen LogP contribution in [0.15, 0.2) is 18.2 Å². The Morgan fingerprint density at radius 2 is 2.06 bits per heavy atom. The highest BCUT2D eigenvalue weighted by Gasteiger charge is 2.14. The van der Waals surface area contributed by atoms with Crippen molar-refractivity contribution in [3.8, 4) is 0 Å². The average Bonchev–Trinajstić information content (AvgIpc) is 2.35. The van der Waals surface area contributed by atoms with Crippen LogP contribution in [0.2, 0.25) is 0 Å². The fraction of sp³-hybridized carbons (Fsp3) is 0.533. The third kappa shape index (κ3) is 3.49. The Labute approximate surface area is 110 Å². The topological polar surface area (TPSA) is 32.3 Å². The molecule has 0 spiro atoms. The third-order valence-electron chi connectivity index (χ3n) is 3.13. The summed E-state index contributed by atoms with van der Waals surface area (Å²) in [5.41, 5.74) is 2.98. The summed E-state index contributed by atoms with van der Waals surface area (Å²) >= 11 is 0. The molecule has 0 saturated carbocycles. The lowest BCUT2D eigenvalue weighted by atomic mass is 10.1. The van der Waals surface area contributed by atoms with Crippen LogP contribution in [0.1, 0.15) is 43.1 Å². The summed E-state index contributed by atoms with van der Waals surface area (Å²) in [6.07, 6.45) is 1.09. The van der Waals surface area contributed by atoms with Crippen molar-refractivity contribution < 1.29 is 4.79 Å². The summed E-state index contributed by atoms with van der Waals surface area (Å²) in [7, 11) is 1.84. The van der Waals surface area contributed by atoms with Crippen LogP contribution in [0.25, 0.3) is 0 Å². The van der Waals surface area contributed by atoms with E-state index in [0.717, 1.165) is 29.8 Å². The minimum Gasteiger partial charge on any atom is -0.385 e. The van der Waals surface area contributed by atoms with E-state index in [2.05, 4.69) is 12.2 Å². The molecule has 100 valence electrons. The molecule has 0 radical (unpaired) electrons. The van der Waals surface area contributed by atoms with Gasteiger partial charge in [-0.25, -0.2) is 0 Å². The molecule has 0 fully saturated rings. The average molecular weight is 248 g/mol. The van der Waals surface area contributed by atoms with Crippen molar-refractivity contribution in [2.75, 3.05) is 18.9 Å². The fourth-order valence-corrected chi connectivity index (χ4v) is 1.69. The number of aryl methyl sites for hydroxylation is 1. The lowest BCUT2D eigenvalue weighted by Gasteiger charge is -2.22. The lowest BCUT2D eigenvalue weighted by Crippen LogP contribution is -2.33. The molecule has 1 aromatic carbocycles. The normalized spacial score (nSPS) is 10.6. The van der Waals surface area contributed by atoms with Crippen molar-refractivity contribution in [1.29, 1.82) is 0 Å². The van der Waals surface area contributed by atoms with Gasteiger partial charge in [0, 0.05) is 30.9 Å². The molecule has 0 unspecified atom stereocenters. The van der Waals surface area contributed by atoms with Gasteiger partial charge >= 0.3 is 0 Å². The van der Waals surface area contributed by atoms with Gasteiger partial charge in [0.15, 0.2) is 0 Å². The van der Waals surface area contributed by atoms with Gasteiger partial charge < -0.3 is 10.2 Å². The van der Waals surface area contributed by atoms with Gasteiger partial charge in [-0.05, 0) is 51.0 Å². The maximum atomic E-state index is 12.2. The van der Waals surface area contributed by atoms with Crippen LogP contribution in [0.5, 0.6) is 0 Å². The number of rotatable bonds is 5. The van der Waals surface area contributed by atoms with E-state index in [0.29, 0.717) is 0 Å². The molecule has 1 aromatic rings. The number of carbonyl (C=O) groups excluding carboxylic acids is 1. The third-order valence-corrected chi connectivity index (χ3v) is 3.13. The zero-order valence-electron chi connectivity index (χ0n) is 12.1. The van der Waals surface area contributed by atoms with Crippen molar-refractivity contribution in [2.24, 2.45) is 0 Å². The van der Waals surface area contributed by atoms with E-state index in [4.69, 9.17) is 0 Å². The Morgan fingerprint density at radius 3 is 2.56 bits per heavy atom. The van der Waals surface area contributed by atoms with Gasteiger partial charge in [-0.2, -0.15) is 0 Å². The molecule has 0 aliphatic heterocycles. The molecular formula is C15H24N2O. The second kappa shape index (κ2) is 6.43. The van der Waals surface area contributed by atoms with Crippen LogP contribution in [-0.4, -0.2) is 30.4 Å². The Hall–Kier alpha value is -1.51. The summed E-state index contributed by atoms with van der Waals surface area (Å²) in [5.74, 6) is 0.0788. The second-order valence-electron chi connectivity index (χ2n) is 4.97. The highest BCUT2D eigenvalue weighted by atomic mass is 16.2. The van der Waals surface area contributed by atoms with E-state index in [1.165, 1.54) is 0 Å². The Balaban J connectivity index is 2.87. The van der Waals surface area contributed by atoms with E-state index in [1.54, 1.807) is 4.90 Å². The number of nitrogens with zero attached hydrogens (tertiary/aromatic N) is 1. The molecule has 3 nitrogen and oxygen atoms in total. The summed E-state index contributed by atoms with van der Waals surface area (Å²) < 4.78 is 0. The van der Waals surface area contributed by atoms with Crippen LogP contribution in [-0.2, 0) is 0 Å². The number of amides is 1. The van der Waals surface area contributed by atoms with E-state index < -0.39 is 0 Å². The molecule has 0 atom stereocenters. The van der Waals surface area contributed by atoms with Gasteiger partial charge in [0.1, 0.15) is 0 Å². The summed E-state index contributed by atoms with van der Waals surface area (Å²) in [6, 6.07) is 6.06. The largest absolute Gasteiger partial charge is 0.385 e. The number of carbonyl (C=O) groups is 1. The zero-order chi connectivity index (χ0) is 13.7. The van der Waals surface area contributed by atoms with E-state index in [1.807, 2.05) is 46.0 Å². The molecule has 0 saturated heterocycles. The molecule has 0 aliphatic carbocycles. The van der Waals surface area contributed by atoms with Gasteiger partial charge in [-0.15, -0.1) is 0 Å².